The molecule has 0 heterocycles. The Bertz CT molecular complexity index is 860. The molecule has 0 bridgehead atoms. The average Bonchev–Trinajstić information content (AvgIpc) is 3.55. The molecule has 0 saturated heterocycles. The molecule has 6 nitrogen and oxygen atoms in total. The minimum absolute atomic E-state index is 0.0278. The van der Waals surface area contributed by atoms with Crippen molar-refractivity contribution in [2.45, 2.75) is 78.0 Å². The lowest BCUT2D eigenvalue weighted by Crippen LogP contribution is -2.34. The highest BCUT2D eigenvalue weighted by atomic mass is 16.6. The van der Waals surface area contributed by atoms with Gasteiger partial charge in [0.1, 0.15) is 11.4 Å². The third-order valence-corrected chi connectivity index (χ3v) is 4.95. The maximum atomic E-state index is 11.9. The van der Waals surface area contributed by atoms with Gasteiger partial charge in [0.2, 0.25) is 5.91 Å². The van der Waals surface area contributed by atoms with Crippen molar-refractivity contribution in [3.05, 3.63) is 65.7 Å². The van der Waals surface area contributed by atoms with Crippen LogP contribution in [0.1, 0.15) is 70.9 Å². The van der Waals surface area contributed by atoms with Gasteiger partial charge in [-0.05, 0) is 56.9 Å². The molecule has 1 aliphatic carbocycles. The van der Waals surface area contributed by atoms with E-state index >= 15 is 0 Å². The van der Waals surface area contributed by atoms with E-state index in [1.807, 2.05) is 89.2 Å². The fraction of sp³-hybridized carbons (Fsp3) is 0.481. The van der Waals surface area contributed by atoms with Gasteiger partial charge in [-0.15, -0.1) is 0 Å². The van der Waals surface area contributed by atoms with E-state index in [0.29, 0.717) is 31.9 Å². The smallest absolute Gasteiger partial charge is 0.407 e. The van der Waals surface area contributed by atoms with Crippen LogP contribution in [0.5, 0.6) is 5.75 Å². The van der Waals surface area contributed by atoms with Crippen LogP contribution >= 0.6 is 0 Å². The first-order valence-corrected chi connectivity index (χ1v) is 11.8. The van der Waals surface area contributed by atoms with Crippen molar-refractivity contribution in [2.75, 3.05) is 6.61 Å². The first-order chi connectivity index (χ1) is 15.8. The van der Waals surface area contributed by atoms with Crippen LogP contribution in [0.4, 0.5) is 4.79 Å². The summed E-state index contributed by atoms with van der Waals surface area (Å²) < 4.78 is 11.1. The van der Waals surface area contributed by atoms with Crippen LogP contribution in [0.2, 0.25) is 0 Å². The fourth-order valence-corrected chi connectivity index (χ4v) is 3.30. The Morgan fingerprint density at radius 3 is 2.30 bits per heavy atom. The van der Waals surface area contributed by atoms with Crippen molar-refractivity contribution in [3.63, 3.8) is 0 Å². The molecule has 2 aromatic carbocycles. The first kappa shape index (κ1) is 26.2. The third-order valence-electron chi connectivity index (χ3n) is 4.95. The minimum Gasteiger partial charge on any atom is -0.494 e. The Morgan fingerprint density at radius 1 is 1.00 bits per heavy atom. The zero-order valence-corrected chi connectivity index (χ0v) is 20.5. The summed E-state index contributed by atoms with van der Waals surface area (Å²) in [5, 5.41) is 5.84. The molecule has 180 valence electrons. The fourth-order valence-electron chi connectivity index (χ4n) is 3.30. The summed E-state index contributed by atoms with van der Waals surface area (Å²) in [7, 11) is 0. The van der Waals surface area contributed by atoms with Gasteiger partial charge >= 0.3 is 6.09 Å². The lowest BCUT2D eigenvalue weighted by molar-refractivity contribution is -0.121. The van der Waals surface area contributed by atoms with E-state index < -0.39 is 5.60 Å². The Hall–Kier alpha value is -3.02. The van der Waals surface area contributed by atoms with Gasteiger partial charge in [0, 0.05) is 24.9 Å². The highest BCUT2D eigenvalue weighted by molar-refractivity contribution is 5.75. The Morgan fingerprint density at radius 2 is 1.67 bits per heavy atom. The molecule has 0 spiro atoms. The number of alkyl carbamates (subject to hydrolysis) is 1. The number of carbonyl (C=O) groups is 2. The van der Waals surface area contributed by atoms with Gasteiger partial charge in [0.05, 0.1) is 6.61 Å². The molecule has 2 atom stereocenters. The van der Waals surface area contributed by atoms with Crippen molar-refractivity contribution in [1.82, 2.24) is 10.6 Å². The SMILES string of the molecule is CC.CC(C)(C)OC(=O)NC1CC1c1ccc(OCCCC(=O)NCc2ccccc2)cc1. The molecule has 6 heteroatoms. The van der Waals surface area contributed by atoms with Crippen molar-refractivity contribution >= 4 is 12.0 Å². The van der Waals surface area contributed by atoms with Gasteiger partial charge < -0.3 is 20.1 Å². The molecule has 0 aliphatic heterocycles. The van der Waals surface area contributed by atoms with E-state index in [1.165, 1.54) is 5.56 Å². The van der Waals surface area contributed by atoms with Crippen molar-refractivity contribution in [2.24, 2.45) is 0 Å². The quantitative estimate of drug-likeness (QED) is 0.486. The highest BCUT2D eigenvalue weighted by Crippen LogP contribution is 2.41. The molecule has 1 aliphatic rings. The molecule has 2 amide bonds. The summed E-state index contributed by atoms with van der Waals surface area (Å²) in [5.41, 5.74) is 1.77. The van der Waals surface area contributed by atoms with Crippen LogP contribution in [0.15, 0.2) is 54.6 Å². The minimum atomic E-state index is -0.490. The molecule has 0 aromatic heterocycles. The largest absolute Gasteiger partial charge is 0.494 e. The molecule has 1 fully saturated rings. The van der Waals surface area contributed by atoms with Crippen LogP contribution in [0, 0.1) is 0 Å². The summed E-state index contributed by atoms with van der Waals surface area (Å²) in [5.74, 6) is 1.13. The molecule has 1 saturated carbocycles. The second-order valence-electron chi connectivity index (χ2n) is 8.88. The summed E-state index contributed by atoms with van der Waals surface area (Å²) in [6, 6.07) is 17.9. The number of rotatable bonds is 9. The number of benzene rings is 2. The second kappa shape index (κ2) is 12.9. The van der Waals surface area contributed by atoms with Crippen molar-refractivity contribution < 1.29 is 19.1 Å². The lowest BCUT2D eigenvalue weighted by atomic mass is 10.1. The van der Waals surface area contributed by atoms with Gasteiger partial charge in [-0.25, -0.2) is 4.79 Å². The number of amides is 2. The summed E-state index contributed by atoms with van der Waals surface area (Å²) in [4.78, 5) is 23.8. The van der Waals surface area contributed by atoms with E-state index in [2.05, 4.69) is 10.6 Å². The van der Waals surface area contributed by atoms with Gasteiger partial charge in [0.25, 0.3) is 0 Å². The second-order valence-corrected chi connectivity index (χ2v) is 8.88. The average molecular weight is 455 g/mol. The number of hydrogen-bond acceptors (Lipinski definition) is 4. The molecule has 2 N–H and O–H groups in total. The van der Waals surface area contributed by atoms with Crippen LogP contribution in [0.3, 0.4) is 0 Å². The van der Waals surface area contributed by atoms with Crippen molar-refractivity contribution in [1.29, 1.82) is 0 Å². The molecular weight excluding hydrogens is 416 g/mol. The monoisotopic (exact) mass is 454 g/mol. The lowest BCUT2D eigenvalue weighted by Gasteiger charge is -2.19. The Kier molecular flexibility index (Phi) is 10.2. The predicted octanol–water partition coefficient (Wildman–Crippen LogP) is 5.57. The van der Waals surface area contributed by atoms with E-state index in [9.17, 15) is 9.59 Å². The number of hydrogen-bond donors (Lipinski definition) is 2. The summed E-state index contributed by atoms with van der Waals surface area (Å²) >= 11 is 0. The van der Waals surface area contributed by atoms with Crippen molar-refractivity contribution in [3.8, 4) is 5.75 Å². The van der Waals surface area contributed by atoms with Crippen LogP contribution in [-0.2, 0) is 16.1 Å². The summed E-state index contributed by atoms with van der Waals surface area (Å²) in [6.45, 7) is 10.6. The maximum absolute atomic E-state index is 11.9. The van der Waals surface area contributed by atoms with E-state index in [1.54, 1.807) is 0 Å². The molecule has 0 radical (unpaired) electrons. The maximum Gasteiger partial charge on any atom is 0.407 e. The Balaban J connectivity index is 0.00000187. The Labute approximate surface area is 198 Å². The zero-order valence-electron chi connectivity index (χ0n) is 20.5. The van der Waals surface area contributed by atoms with E-state index in [-0.39, 0.29) is 18.0 Å². The summed E-state index contributed by atoms with van der Waals surface area (Å²) in [6.07, 6.45) is 1.64. The normalized spacial score (nSPS) is 16.6. The van der Waals surface area contributed by atoms with Crippen LogP contribution < -0.4 is 15.4 Å². The number of carbonyl (C=O) groups excluding carboxylic acids is 2. The first-order valence-electron chi connectivity index (χ1n) is 11.8. The topological polar surface area (TPSA) is 76.7 Å². The van der Waals surface area contributed by atoms with E-state index in [0.717, 1.165) is 17.7 Å². The van der Waals surface area contributed by atoms with Gasteiger partial charge in [0.15, 0.2) is 0 Å². The predicted molar refractivity (Wildman–Crippen MR) is 131 cm³/mol. The third kappa shape index (κ3) is 9.98. The molecule has 33 heavy (non-hydrogen) atoms. The van der Waals surface area contributed by atoms with Gasteiger partial charge in [-0.1, -0.05) is 56.3 Å². The van der Waals surface area contributed by atoms with Gasteiger partial charge in [-0.3, -0.25) is 4.79 Å². The number of ether oxygens (including phenoxy) is 2. The van der Waals surface area contributed by atoms with E-state index in [4.69, 9.17) is 9.47 Å². The molecule has 3 rings (SSSR count). The highest BCUT2D eigenvalue weighted by Gasteiger charge is 2.40. The van der Waals surface area contributed by atoms with Crippen LogP contribution in [-0.4, -0.2) is 30.3 Å². The number of nitrogens with one attached hydrogen (secondary N) is 2. The molecular formula is C27H38N2O4. The standard InChI is InChI=1S/C25H32N2O4.C2H6/c1-25(2,3)31-24(29)27-22-16-21(22)19-11-13-20(14-12-19)30-15-7-10-23(28)26-17-18-8-5-4-6-9-18;1-2/h4-6,8-9,11-14,21-22H,7,10,15-17H2,1-3H3,(H,26,28)(H,27,29);1-2H3. The van der Waals surface area contributed by atoms with Crippen LogP contribution in [0.25, 0.3) is 0 Å². The molecule has 2 unspecified atom stereocenters. The molecule has 2 aromatic rings. The van der Waals surface area contributed by atoms with Gasteiger partial charge in [-0.2, -0.15) is 0 Å². The zero-order chi connectivity index (χ0) is 24.3.